The van der Waals surface area contributed by atoms with E-state index in [4.69, 9.17) is 24.7 Å². The molecule has 7 nitrogen and oxygen atoms in total. The average Bonchev–Trinajstić information content (AvgIpc) is 3.20. The maximum Gasteiger partial charge on any atom is 0.323 e. The zero-order valence-corrected chi connectivity index (χ0v) is 19.0. The summed E-state index contributed by atoms with van der Waals surface area (Å²) in [7, 11) is 1.54. The summed E-state index contributed by atoms with van der Waals surface area (Å²) in [5.41, 5.74) is 10.4. The van der Waals surface area contributed by atoms with Crippen LogP contribution in [-0.4, -0.2) is 35.4 Å². The van der Waals surface area contributed by atoms with Gasteiger partial charge in [-0.25, -0.2) is 0 Å². The van der Waals surface area contributed by atoms with E-state index in [9.17, 15) is 0 Å². The van der Waals surface area contributed by atoms with Gasteiger partial charge in [0.2, 0.25) is 11.6 Å². The van der Waals surface area contributed by atoms with Gasteiger partial charge >= 0.3 is 6.01 Å². The third-order valence-corrected chi connectivity index (χ3v) is 5.99. The molecule has 0 spiro atoms. The third-order valence-electron chi connectivity index (χ3n) is 5.99. The molecule has 3 N–H and O–H groups in total. The monoisotopic (exact) mass is 447 g/mol. The van der Waals surface area contributed by atoms with E-state index >= 15 is 0 Å². The zero-order chi connectivity index (χ0) is 23.4. The van der Waals surface area contributed by atoms with Crippen molar-refractivity contribution in [2.24, 2.45) is 5.73 Å². The topological polar surface area (TPSA) is 104 Å². The standard InChI is InChI=1S/C26H29N3O4/c1-4-6-8-17(5-2)20-21-23(31-3)28-25(32-16-15-30)29-24(21)33-22(20)18-9-11-19(12-10-18)26(27)13-7-14-26/h4-6,8-12,30H,1,7,13-16,27H2,2-3H3/b8-6-,17-5+. The van der Waals surface area contributed by atoms with E-state index in [0.29, 0.717) is 22.7 Å². The van der Waals surface area contributed by atoms with Gasteiger partial charge in [0.15, 0.2) is 0 Å². The number of rotatable bonds is 9. The van der Waals surface area contributed by atoms with Crippen molar-refractivity contribution < 1.29 is 19.0 Å². The summed E-state index contributed by atoms with van der Waals surface area (Å²) >= 11 is 0. The van der Waals surface area contributed by atoms with Crippen LogP contribution in [0.5, 0.6) is 11.9 Å². The first kappa shape index (κ1) is 22.8. The Morgan fingerprint density at radius 2 is 2.03 bits per heavy atom. The SMILES string of the molecule is C=C/C=C\C(=C/C)c1c(-c2ccc(C3(N)CCC3)cc2)oc2nc(OCCO)nc(OC)c12. The molecular weight excluding hydrogens is 418 g/mol. The Kier molecular flexibility index (Phi) is 6.62. The highest BCUT2D eigenvalue weighted by molar-refractivity contribution is 6.01. The Morgan fingerprint density at radius 1 is 1.27 bits per heavy atom. The molecule has 1 aliphatic rings. The lowest BCUT2D eigenvalue weighted by Crippen LogP contribution is -2.43. The van der Waals surface area contributed by atoms with E-state index in [2.05, 4.69) is 28.7 Å². The largest absolute Gasteiger partial charge is 0.480 e. The van der Waals surface area contributed by atoms with Crippen LogP contribution >= 0.6 is 0 Å². The minimum Gasteiger partial charge on any atom is -0.480 e. The number of ether oxygens (including phenoxy) is 2. The lowest BCUT2D eigenvalue weighted by atomic mass is 9.72. The summed E-state index contributed by atoms with van der Waals surface area (Å²) in [5.74, 6) is 0.973. The van der Waals surface area contributed by atoms with Gasteiger partial charge in [-0.05, 0) is 37.3 Å². The van der Waals surface area contributed by atoms with Crippen LogP contribution in [0.15, 0.2) is 59.6 Å². The summed E-state index contributed by atoms with van der Waals surface area (Å²) in [4.78, 5) is 8.79. The van der Waals surface area contributed by atoms with Crippen LogP contribution in [0, 0.1) is 0 Å². The Labute approximate surface area is 193 Å². The van der Waals surface area contributed by atoms with Crippen LogP contribution in [0.1, 0.15) is 37.3 Å². The molecule has 2 aromatic heterocycles. The van der Waals surface area contributed by atoms with Crippen molar-refractivity contribution in [2.45, 2.75) is 31.7 Å². The first-order valence-electron chi connectivity index (χ1n) is 11.0. The minimum atomic E-state index is -0.232. The van der Waals surface area contributed by atoms with Crippen LogP contribution in [0.2, 0.25) is 0 Å². The molecule has 0 bridgehead atoms. The zero-order valence-electron chi connectivity index (χ0n) is 19.0. The summed E-state index contributed by atoms with van der Waals surface area (Å²) in [6.07, 6.45) is 10.7. The highest BCUT2D eigenvalue weighted by Gasteiger charge is 2.34. The second-order valence-corrected chi connectivity index (χ2v) is 8.00. The molecule has 2 heterocycles. The van der Waals surface area contributed by atoms with Crippen molar-refractivity contribution in [2.75, 3.05) is 20.3 Å². The van der Waals surface area contributed by atoms with E-state index in [1.807, 2.05) is 37.3 Å². The molecule has 1 aromatic carbocycles. The Balaban J connectivity index is 1.91. The molecule has 0 aliphatic heterocycles. The van der Waals surface area contributed by atoms with Gasteiger partial charge in [0.05, 0.1) is 13.7 Å². The van der Waals surface area contributed by atoms with Crippen LogP contribution in [-0.2, 0) is 5.54 Å². The fourth-order valence-electron chi connectivity index (χ4n) is 4.07. The number of aliphatic hydroxyl groups excluding tert-OH is 1. The van der Waals surface area contributed by atoms with Gasteiger partial charge in [0, 0.05) is 16.7 Å². The van der Waals surface area contributed by atoms with Crippen molar-refractivity contribution in [1.82, 2.24) is 9.97 Å². The van der Waals surface area contributed by atoms with E-state index in [1.165, 1.54) is 7.11 Å². The maximum atomic E-state index is 9.09. The Hall–Kier alpha value is -3.42. The van der Waals surface area contributed by atoms with E-state index < -0.39 is 0 Å². The highest BCUT2D eigenvalue weighted by Crippen LogP contribution is 2.43. The lowest BCUT2D eigenvalue weighted by Gasteiger charge is -2.38. The quantitative estimate of drug-likeness (QED) is 0.456. The molecule has 7 heteroatoms. The fraction of sp³-hybridized carbons (Fsp3) is 0.308. The molecule has 1 fully saturated rings. The van der Waals surface area contributed by atoms with E-state index in [-0.39, 0.29) is 24.8 Å². The number of furan rings is 1. The first-order chi connectivity index (χ1) is 16.0. The Morgan fingerprint density at radius 3 is 2.61 bits per heavy atom. The first-order valence-corrected chi connectivity index (χ1v) is 11.0. The van der Waals surface area contributed by atoms with Crippen LogP contribution in [0.4, 0.5) is 0 Å². The summed E-state index contributed by atoms with van der Waals surface area (Å²) < 4.78 is 17.3. The number of aliphatic hydroxyl groups is 1. The molecular formula is C26H29N3O4. The van der Waals surface area contributed by atoms with Crippen molar-refractivity contribution in [3.63, 3.8) is 0 Å². The van der Waals surface area contributed by atoms with Crippen molar-refractivity contribution in [3.8, 4) is 23.2 Å². The average molecular weight is 448 g/mol. The van der Waals surface area contributed by atoms with Gasteiger partial charge in [-0.3, -0.25) is 0 Å². The van der Waals surface area contributed by atoms with E-state index in [0.717, 1.165) is 41.5 Å². The van der Waals surface area contributed by atoms with E-state index in [1.54, 1.807) is 6.08 Å². The number of hydrogen-bond donors (Lipinski definition) is 2. The molecule has 1 aliphatic carbocycles. The molecule has 4 rings (SSSR count). The Bertz CT molecular complexity index is 1200. The van der Waals surface area contributed by atoms with Gasteiger partial charge < -0.3 is 24.7 Å². The maximum absolute atomic E-state index is 9.09. The van der Waals surface area contributed by atoms with Crippen LogP contribution < -0.4 is 15.2 Å². The highest BCUT2D eigenvalue weighted by atomic mass is 16.5. The van der Waals surface area contributed by atoms with Crippen molar-refractivity contribution >= 4 is 16.7 Å². The molecule has 0 atom stereocenters. The molecule has 33 heavy (non-hydrogen) atoms. The summed E-state index contributed by atoms with van der Waals surface area (Å²) in [6, 6.07) is 8.26. The van der Waals surface area contributed by atoms with Gasteiger partial charge in [-0.15, -0.1) is 0 Å². The van der Waals surface area contributed by atoms with Crippen molar-refractivity contribution in [3.05, 3.63) is 66.3 Å². The number of nitrogens with two attached hydrogens (primary N) is 1. The normalized spacial score (nSPS) is 15.6. The smallest absolute Gasteiger partial charge is 0.323 e. The molecule has 0 amide bonds. The van der Waals surface area contributed by atoms with Crippen LogP contribution in [0.3, 0.4) is 0 Å². The number of nitrogens with zero attached hydrogens (tertiary/aromatic N) is 2. The van der Waals surface area contributed by atoms with Gasteiger partial charge in [0.1, 0.15) is 17.8 Å². The second-order valence-electron chi connectivity index (χ2n) is 8.00. The number of aromatic nitrogens is 2. The number of fused-ring (bicyclic) bond motifs is 1. The molecule has 1 saturated carbocycles. The number of allylic oxidation sites excluding steroid dienone is 5. The fourth-order valence-corrected chi connectivity index (χ4v) is 4.07. The number of benzene rings is 1. The molecule has 0 radical (unpaired) electrons. The third kappa shape index (κ3) is 4.29. The molecule has 0 saturated heterocycles. The molecule has 172 valence electrons. The van der Waals surface area contributed by atoms with Crippen molar-refractivity contribution in [1.29, 1.82) is 0 Å². The summed E-state index contributed by atoms with van der Waals surface area (Å²) in [6.45, 7) is 5.65. The molecule has 3 aromatic rings. The van der Waals surface area contributed by atoms with Gasteiger partial charge in [-0.1, -0.05) is 55.1 Å². The predicted molar refractivity (Wildman–Crippen MR) is 129 cm³/mol. The minimum absolute atomic E-state index is 0.0690. The van der Waals surface area contributed by atoms with Gasteiger partial charge in [-0.2, -0.15) is 9.97 Å². The lowest BCUT2D eigenvalue weighted by molar-refractivity contribution is 0.190. The summed E-state index contributed by atoms with van der Waals surface area (Å²) in [5, 5.41) is 9.73. The second kappa shape index (κ2) is 9.60. The number of methoxy groups -OCH3 is 1. The van der Waals surface area contributed by atoms with Gasteiger partial charge in [0.25, 0.3) is 0 Å². The predicted octanol–water partition coefficient (Wildman–Crippen LogP) is 4.75. The number of hydrogen-bond acceptors (Lipinski definition) is 7. The molecule has 0 unspecified atom stereocenters. The van der Waals surface area contributed by atoms with Crippen LogP contribution in [0.25, 0.3) is 28.0 Å².